The molecule has 0 saturated carbocycles. The van der Waals surface area contributed by atoms with Crippen molar-refractivity contribution < 1.29 is 9.59 Å². The first kappa shape index (κ1) is 22.8. The van der Waals surface area contributed by atoms with Crippen LogP contribution in [0, 0.1) is 0 Å². The van der Waals surface area contributed by atoms with E-state index in [1.165, 1.54) is 11.3 Å². The Kier molecular flexibility index (Phi) is 8.44. The van der Waals surface area contributed by atoms with E-state index in [-0.39, 0.29) is 11.8 Å². The molecule has 31 heavy (non-hydrogen) atoms. The molecule has 7 heteroatoms. The van der Waals surface area contributed by atoms with E-state index in [4.69, 9.17) is 0 Å². The smallest absolute Gasteiger partial charge is 0.251 e. The summed E-state index contributed by atoms with van der Waals surface area (Å²) >= 11 is 3.04. The number of benzene rings is 2. The molecule has 0 aliphatic heterocycles. The lowest BCUT2D eigenvalue weighted by Gasteiger charge is -2.25. The molecule has 1 heterocycles. The fourth-order valence-electron chi connectivity index (χ4n) is 3.03. The Hall–Kier alpha value is -2.90. The molecular formula is C24H25N3O2S2. The first-order valence-corrected chi connectivity index (χ1v) is 12.2. The van der Waals surface area contributed by atoms with Gasteiger partial charge in [-0.3, -0.25) is 14.5 Å². The van der Waals surface area contributed by atoms with Crippen molar-refractivity contribution in [3.63, 3.8) is 0 Å². The van der Waals surface area contributed by atoms with Gasteiger partial charge in [0.05, 0.1) is 5.69 Å². The molecule has 0 radical (unpaired) electrons. The third-order valence-electron chi connectivity index (χ3n) is 4.62. The van der Waals surface area contributed by atoms with Gasteiger partial charge in [-0.1, -0.05) is 54.6 Å². The Labute approximate surface area is 191 Å². The molecule has 2 amide bonds. The van der Waals surface area contributed by atoms with Crippen molar-refractivity contribution >= 4 is 40.0 Å². The van der Waals surface area contributed by atoms with Crippen LogP contribution in [-0.2, 0) is 4.79 Å². The van der Waals surface area contributed by atoms with E-state index >= 15 is 0 Å². The number of hydrogen-bond donors (Lipinski definition) is 1. The Morgan fingerprint density at radius 3 is 2.48 bits per heavy atom. The molecule has 3 rings (SSSR count). The number of nitrogens with one attached hydrogen (secondary N) is 1. The molecule has 1 N–H and O–H groups in total. The average molecular weight is 452 g/mol. The minimum atomic E-state index is -0.649. The van der Waals surface area contributed by atoms with Crippen LogP contribution in [0.2, 0.25) is 0 Å². The van der Waals surface area contributed by atoms with E-state index in [1.807, 2.05) is 48.0 Å². The van der Waals surface area contributed by atoms with Gasteiger partial charge >= 0.3 is 0 Å². The number of amides is 2. The molecule has 0 unspecified atom stereocenters. The van der Waals surface area contributed by atoms with Gasteiger partial charge in [-0.25, -0.2) is 4.98 Å². The van der Waals surface area contributed by atoms with Crippen LogP contribution < -0.4 is 10.2 Å². The highest BCUT2D eigenvalue weighted by atomic mass is 32.2. The molecule has 0 fully saturated rings. The maximum Gasteiger partial charge on any atom is 0.251 e. The number of hydrogen-bond acceptors (Lipinski definition) is 5. The first-order valence-electron chi connectivity index (χ1n) is 9.92. The maximum absolute atomic E-state index is 13.5. The Bertz CT molecular complexity index is 1010. The van der Waals surface area contributed by atoms with Crippen molar-refractivity contribution in [3.8, 4) is 11.3 Å². The number of thioether (sulfide) groups is 1. The summed E-state index contributed by atoms with van der Waals surface area (Å²) < 4.78 is 0. The Balaban J connectivity index is 1.83. The highest BCUT2D eigenvalue weighted by Gasteiger charge is 2.28. The highest BCUT2D eigenvalue weighted by Crippen LogP contribution is 2.28. The maximum atomic E-state index is 13.5. The van der Waals surface area contributed by atoms with Crippen LogP contribution in [0.3, 0.4) is 0 Å². The lowest BCUT2D eigenvalue weighted by Crippen LogP contribution is -2.49. The van der Waals surface area contributed by atoms with E-state index in [0.29, 0.717) is 23.7 Å². The van der Waals surface area contributed by atoms with Gasteiger partial charge in [-0.15, -0.1) is 17.9 Å². The van der Waals surface area contributed by atoms with Gasteiger partial charge in [0.2, 0.25) is 0 Å². The van der Waals surface area contributed by atoms with E-state index < -0.39 is 6.04 Å². The van der Waals surface area contributed by atoms with Crippen LogP contribution in [0.1, 0.15) is 16.8 Å². The van der Waals surface area contributed by atoms with Gasteiger partial charge in [0, 0.05) is 23.1 Å². The molecule has 3 aromatic rings. The highest BCUT2D eigenvalue weighted by molar-refractivity contribution is 7.98. The van der Waals surface area contributed by atoms with Crippen LogP contribution in [0.4, 0.5) is 5.13 Å². The van der Waals surface area contributed by atoms with Gasteiger partial charge in [0.1, 0.15) is 6.04 Å². The predicted molar refractivity (Wildman–Crippen MR) is 131 cm³/mol. The molecular weight excluding hydrogens is 426 g/mol. The molecule has 1 aromatic heterocycles. The van der Waals surface area contributed by atoms with E-state index in [1.54, 1.807) is 47.0 Å². The Morgan fingerprint density at radius 2 is 1.84 bits per heavy atom. The Morgan fingerprint density at radius 1 is 1.16 bits per heavy atom. The van der Waals surface area contributed by atoms with E-state index in [2.05, 4.69) is 16.9 Å². The van der Waals surface area contributed by atoms with Crippen molar-refractivity contribution in [1.29, 1.82) is 0 Å². The van der Waals surface area contributed by atoms with Gasteiger partial charge in [-0.05, 0) is 30.6 Å². The molecule has 0 saturated heterocycles. The summed E-state index contributed by atoms with van der Waals surface area (Å²) in [7, 11) is 0. The number of carbonyl (C=O) groups excluding carboxylic acids is 2. The SMILES string of the molecule is C=CCN(C(=O)[C@H](CCSC)NC(=O)c1ccccc1)c1nc(-c2ccccc2)cs1. The third kappa shape index (κ3) is 6.06. The zero-order valence-electron chi connectivity index (χ0n) is 17.4. The van der Waals surface area contributed by atoms with Crippen molar-refractivity contribution in [2.75, 3.05) is 23.5 Å². The molecule has 1 atom stereocenters. The van der Waals surface area contributed by atoms with Gasteiger partial charge in [-0.2, -0.15) is 11.8 Å². The fraction of sp³-hybridized carbons (Fsp3) is 0.208. The molecule has 2 aromatic carbocycles. The quantitative estimate of drug-likeness (QED) is 0.446. The lowest BCUT2D eigenvalue weighted by molar-refractivity contribution is -0.120. The topological polar surface area (TPSA) is 62.3 Å². The number of nitrogens with zero attached hydrogens (tertiary/aromatic N) is 2. The standard InChI is InChI=1S/C24H25N3O2S2/c1-3-15-27(24-26-21(17-31-24)18-10-6-4-7-11-18)23(29)20(14-16-30-2)25-22(28)19-12-8-5-9-13-19/h3-13,17,20H,1,14-16H2,2H3,(H,25,28)/t20-/m0/s1. The van der Waals surface area contributed by atoms with E-state index in [9.17, 15) is 9.59 Å². The zero-order chi connectivity index (χ0) is 22.1. The van der Waals surface area contributed by atoms with Crippen LogP contribution in [0.5, 0.6) is 0 Å². The largest absolute Gasteiger partial charge is 0.340 e. The summed E-state index contributed by atoms with van der Waals surface area (Å²) in [5.74, 6) is 0.301. The van der Waals surface area contributed by atoms with Crippen molar-refractivity contribution in [2.24, 2.45) is 0 Å². The summed E-state index contributed by atoms with van der Waals surface area (Å²) in [6.45, 7) is 4.11. The van der Waals surface area contributed by atoms with Crippen LogP contribution in [-0.4, -0.2) is 41.4 Å². The molecule has 0 aliphatic carbocycles. The number of carbonyl (C=O) groups is 2. The average Bonchev–Trinajstić information content (AvgIpc) is 3.30. The van der Waals surface area contributed by atoms with Crippen molar-refractivity contribution in [1.82, 2.24) is 10.3 Å². The van der Waals surface area contributed by atoms with Crippen molar-refractivity contribution in [2.45, 2.75) is 12.5 Å². The second kappa shape index (κ2) is 11.5. The molecule has 160 valence electrons. The van der Waals surface area contributed by atoms with Crippen LogP contribution in [0.15, 0.2) is 78.7 Å². The van der Waals surface area contributed by atoms with Gasteiger partial charge in [0.15, 0.2) is 5.13 Å². The van der Waals surface area contributed by atoms with E-state index in [0.717, 1.165) is 17.0 Å². The summed E-state index contributed by atoms with van der Waals surface area (Å²) in [4.78, 5) is 32.5. The van der Waals surface area contributed by atoms with Gasteiger partial charge in [0.25, 0.3) is 11.8 Å². The number of anilines is 1. The summed E-state index contributed by atoms with van der Waals surface area (Å²) in [6.07, 6.45) is 4.18. The number of rotatable bonds is 10. The second-order valence-electron chi connectivity index (χ2n) is 6.79. The third-order valence-corrected chi connectivity index (χ3v) is 6.13. The van der Waals surface area contributed by atoms with Gasteiger partial charge < -0.3 is 5.32 Å². The minimum absolute atomic E-state index is 0.188. The fourth-order valence-corrected chi connectivity index (χ4v) is 4.35. The second-order valence-corrected chi connectivity index (χ2v) is 8.61. The zero-order valence-corrected chi connectivity index (χ0v) is 19.0. The lowest BCUT2D eigenvalue weighted by atomic mass is 10.1. The molecule has 0 spiro atoms. The van der Waals surface area contributed by atoms with Crippen molar-refractivity contribution in [3.05, 3.63) is 84.3 Å². The first-order chi connectivity index (χ1) is 15.1. The summed E-state index contributed by atoms with van der Waals surface area (Å²) in [6, 6.07) is 18.1. The van der Waals surface area contributed by atoms with Crippen LogP contribution in [0.25, 0.3) is 11.3 Å². The van der Waals surface area contributed by atoms with Crippen LogP contribution >= 0.6 is 23.1 Å². The predicted octanol–water partition coefficient (Wildman–Crippen LogP) is 4.88. The molecule has 0 bridgehead atoms. The number of aromatic nitrogens is 1. The summed E-state index contributed by atoms with van der Waals surface area (Å²) in [5.41, 5.74) is 2.34. The summed E-state index contributed by atoms with van der Waals surface area (Å²) in [5, 5.41) is 5.44. The molecule has 0 aliphatic rings. The normalized spacial score (nSPS) is 11.5. The number of thiazole rings is 1. The minimum Gasteiger partial charge on any atom is -0.340 e. The molecule has 5 nitrogen and oxygen atoms in total. The monoisotopic (exact) mass is 451 g/mol.